The number of hydrogen-bond donors (Lipinski definition) is 2. The summed E-state index contributed by atoms with van der Waals surface area (Å²) in [5, 5.41) is 19.2. The summed E-state index contributed by atoms with van der Waals surface area (Å²) < 4.78 is 74.2. The van der Waals surface area contributed by atoms with Gasteiger partial charge in [0.15, 0.2) is 8.32 Å². The van der Waals surface area contributed by atoms with Gasteiger partial charge in [-0.2, -0.15) is 0 Å². The second-order valence-electron chi connectivity index (χ2n) is 19.2. The first-order chi connectivity index (χ1) is 32.2. The molecule has 0 saturated heterocycles. The van der Waals surface area contributed by atoms with Crippen molar-refractivity contribution in [1.82, 2.24) is 9.13 Å². The van der Waals surface area contributed by atoms with Crippen LogP contribution < -0.4 is 10.9 Å². The van der Waals surface area contributed by atoms with Crippen LogP contribution in [-0.2, 0) is 22.0 Å². The van der Waals surface area contributed by atoms with Crippen molar-refractivity contribution in [3.8, 4) is 0 Å². The van der Waals surface area contributed by atoms with Crippen LogP contribution in [0.25, 0.3) is 21.8 Å². The lowest BCUT2D eigenvalue weighted by molar-refractivity contribution is 0.0522. The fourth-order valence-corrected chi connectivity index (χ4v) is 9.07. The number of aliphatic hydroxyl groups excluding tert-OH is 1. The van der Waals surface area contributed by atoms with E-state index >= 15 is 4.39 Å². The maximum atomic E-state index is 15.5. The SMILES string of the molecule is CC(C)C(CO)n1cc(C(=O)O)c(=O)c2cc(Cc3cccc(Cl)c3F)c(F)cc21.CCOC(=O)c1cn(C(CO[Si](C)(C)C(C)(C)C)C(C)C)c2cc(F)c(Cc3cccc(Cl)c3F)cc2c1=O. The van der Waals surface area contributed by atoms with Gasteiger partial charge < -0.3 is 28.5 Å². The van der Waals surface area contributed by atoms with E-state index in [0.29, 0.717) is 12.1 Å². The van der Waals surface area contributed by atoms with E-state index in [9.17, 15) is 42.6 Å². The van der Waals surface area contributed by atoms with Crippen molar-refractivity contribution in [2.45, 2.75) is 98.4 Å². The maximum Gasteiger partial charge on any atom is 0.343 e. The number of aromatic nitrogens is 2. The zero-order valence-corrected chi connectivity index (χ0v) is 42.8. The molecule has 6 rings (SSSR count). The second-order valence-corrected chi connectivity index (χ2v) is 24.8. The van der Waals surface area contributed by atoms with Crippen LogP contribution in [0.1, 0.15) is 110 Å². The molecule has 4 aromatic carbocycles. The molecule has 370 valence electrons. The largest absolute Gasteiger partial charge is 0.477 e. The standard InChI is InChI=1S/C30H38ClF2NO4Si.C22H20ClF2NO4/c1-9-37-29(36)22-16-34(26(18(2)3)17-38-39(7,8)30(4,5)6)25-15-24(32)20(14-21(25)28(22)35)13-19-11-10-12-23(31)27(19)33;1-11(2)19(10-27)26-9-15(22(29)30)21(28)14-7-13(17(24)8-18(14)26)6-12-4-3-5-16(23)20(12)25/h10-12,14-16,18,26H,9,13,17H2,1-8H3;3-5,7-9,11,19,27H,6,10H2,1-2H3,(H,29,30). The predicted molar refractivity (Wildman–Crippen MR) is 266 cm³/mol. The van der Waals surface area contributed by atoms with Gasteiger partial charge in [-0.1, -0.05) is 95.9 Å². The van der Waals surface area contributed by atoms with Gasteiger partial charge in [0.05, 0.1) is 53.0 Å². The molecular weight excluding hydrogens is 956 g/mol. The summed E-state index contributed by atoms with van der Waals surface area (Å²) in [4.78, 5) is 50.7. The molecule has 0 amide bonds. The first kappa shape index (κ1) is 54.6. The Hall–Kier alpha value is -5.32. The van der Waals surface area contributed by atoms with Crippen molar-refractivity contribution in [2.24, 2.45) is 11.8 Å². The highest BCUT2D eigenvalue weighted by atomic mass is 35.5. The highest BCUT2D eigenvalue weighted by Gasteiger charge is 2.38. The second kappa shape index (κ2) is 22.2. The molecule has 6 aromatic rings. The third-order valence-electron chi connectivity index (χ3n) is 12.8. The molecule has 0 saturated carbocycles. The third kappa shape index (κ3) is 12.0. The summed E-state index contributed by atoms with van der Waals surface area (Å²) in [6.45, 7) is 20.2. The summed E-state index contributed by atoms with van der Waals surface area (Å²) in [5.41, 5.74) is -1.00. The van der Waals surface area contributed by atoms with E-state index < -0.39 is 66.0 Å². The van der Waals surface area contributed by atoms with Gasteiger partial charge >= 0.3 is 11.9 Å². The lowest BCUT2D eigenvalue weighted by Gasteiger charge is -2.38. The molecular formula is C52H58Cl2F4N2O8Si. The Morgan fingerprint density at radius 2 is 1.14 bits per heavy atom. The molecule has 2 aromatic heterocycles. The van der Waals surface area contributed by atoms with Gasteiger partial charge in [0.25, 0.3) is 0 Å². The Labute approximate surface area is 409 Å². The first-order valence-electron chi connectivity index (χ1n) is 22.5. The van der Waals surface area contributed by atoms with Crippen molar-refractivity contribution in [1.29, 1.82) is 0 Å². The van der Waals surface area contributed by atoms with Crippen molar-refractivity contribution in [3.05, 3.63) is 160 Å². The number of benzene rings is 4. The van der Waals surface area contributed by atoms with E-state index in [1.54, 1.807) is 17.6 Å². The van der Waals surface area contributed by atoms with Crippen LogP contribution in [0.3, 0.4) is 0 Å². The van der Waals surface area contributed by atoms with Gasteiger partial charge in [-0.3, -0.25) is 9.59 Å². The lowest BCUT2D eigenvalue weighted by atomic mass is 9.99. The van der Waals surface area contributed by atoms with Crippen molar-refractivity contribution < 1.29 is 46.5 Å². The minimum Gasteiger partial charge on any atom is -0.477 e. The molecule has 0 radical (unpaired) electrons. The monoisotopic (exact) mass is 1010 g/mol. The normalized spacial score (nSPS) is 12.9. The van der Waals surface area contributed by atoms with Crippen molar-refractivity contribution >= 4 is 65.3 Å². The molecule has 0 spiro atoms. The minimum absolute atomic E-state index is 0.0205. The minimum atomic E-state index is -2.13. The average molecular weight is 1010 g/mol. The van der Waals surface area contributed by atoms with Gasteiger partial charge in [0.1, 0.15) is 34.4 Å². The van der Waals surface area contributed by atoms with Crippen LogP contribution in [0, 0.1) is 35.1 Å². The first-order valence-corrected chi connectivity index (χ1v) is 26.2. The number of nitrogens with zero attached hydrogens (tertiary/aromatic N) is 2. The molecule has 0 bridgehead atoms. The Balaban J connectivity index is 0.000000266. The number of carbonyl (C=O) groups excluding carboxylic acids is 1. The number of carbonyl (C=O) groups is 2. The van der Waals surface area contributed by atoms with Crippen molar-refractivity contribution in [3.63, 3.8) is 0 Å². The van der Waals surface area contributed by atoms with Crippen LogP contribution in [0.2, 0.25) is 28.2 Å². The molecule has 69 heavy (non-hydrogen) atoms. The number of aromatic carboxylic acids is 1. The Bertz CT molecular complexity index is 3020. The molecule has 10 nitrogen and oxygen atoms in total. The van der Waals surface area contributed by atoms with Crippen LogP contribution in [-0.4, -0.2) is 59.4 Å². The van der Waals surface area contributed by atoms with Gasteiger partial charge in [-0.15, -0.1) is 0 Å². The van der Waals surface area contributed by atoms with E-state index in [4.69, 9.17) is 32.4 Å². The fraction of sp³-hybridized carbons (Fsp3) is 0.385. The fourth-order valence-electron chi connectivity index (χ4n) is 7.66. The Kier molecular flexibility index (Phi) is 17.6. The topological polar surface area (TPSA) is 137 Å². The number of halogens is 6. The number of hydrogen-bond acceptors (Lipinski definition) is 7. The summed E-state index contributed by atoms with van der Waals surface area (Å²) in [5.74, 6) is -4.87. The van der Waals surface area contributed by atoms with Crippen LogP contribution in [0.5, 0.6) is 0 Å². The van der Waals surface area contributed by atoms with Gasteiger partial charge in [-0.25, -0.2) is 27.2 Å². The van der Waals surface area contributed by atoms with E-state index in [-0.39, 0.29) is 103 Å². The van der Waals surface area contributed by atoms with E-state index in [1.807, 2.05) is 27.7 Å². The van der Waals surface area contributed by atoms with E-state index in [0.717, 1.165) is 12.3 Å². The smallest absolute Gasteiger partial charge is 0.343 e. The van der Waals surface area contributed by atoms with Gasteiger partial charge in [0.2, 0.25) is 10.9 Å². The molecule has 2 atom stereocenters. The number of aliphatic hydroxyl groups is 1. The lowest BCUT2D eigenvalue weighted by Crippen LogP contribution is -2.42. The number of esters is 1. The summed E-state index contributed by atoms with van der Waals surface area (Å²) in [7, 11) is -2.13. The van der Waals surface area contributed by atoms with Crippen LogP contribution >= 0.6 is 23.2 Å². The zero-order chi connectivity index (χ0) is 51.4. The molecule has 0 aliphatic carbocycles. The maximum absolute atomic E-state index is 15.5. The van der Waals surface area contributed by atoms with Gasteiger partial charge in [-0.05, 0) is 95.5 Å². The molecule has 0 fully saturated rings. The predicted octanol–water partition coefficient (Wildman–Crippen LogP) is 12.3. The molecule has 0 aliphatic rings. The summed E-state index contributed by atoms with van der Waals surface area (Å²) in [6, 6.07) is 13.1. The average Bonchev–Trinajstić information content (AvgIpc) is 3.26. The number of rotatable bonds is 15. The molecule has 0 aliphatic heterocycles. The molecule has 2 heterocycles. The van der Waals surface area contributed by atoms with E-state index in [1.165, 1.54) is 59.3 Å². The third-order valence-corrected chi connectivity index (χ3v) is 17.9. The number of ether oxygens (including phenoxy) is 1. The Morgan fingerprint density at radius 1 is 0.710 bits per heavy atom. The summed E-state index contributed by atoms with van der Waals surface area (Å²) in [6.07, 6.45) is 2.31. The molecule has 17 heteroatoms. The summed E-state index contributed by atoms with van der Waals surface area (Å²) >= 11 is 11.7. The Morgan fingerprint density at radius 3 is 1.55 bits per heavy atom. The molecule has 2 N–H and O–H groups in total. The van der Waals surface area contributed by atoms with Crippen molar-refractivity contribution in [2.75, 3.05) is 19.8 Å². The van der Waals surface area contributed by atoms with E-state index in [2.05, 4.69) is 33.9 Å². The number of fused-ring (bicyclic) bond motifs is 2. The highest BCUT2D eigenvalue weighted by molar-refractivity contribution is 6.74. The van der Waals surface area contributed by atoms with Crippen LogP contribution in [0.4, 0.5) is 17.6 Å². The van der Waals surface area contributed by atoms with Crippen LogP contribution in [0.15, 0.2) is 82.6 Å². The van der Waals surface area contributed by atoms with Gasteiger partial charge in [0, 0.05) is 36.0 Å². The number of pyridine rings is 2. The number of carboxylic acids is 1. The molecule has 2 unspecified atom stereocenters. The quantitative estimate of drug-likeness (QED) is 0.0589. The zero-order valence-electron chi connectivity index (χ0n) is 40.3. The highest BCUT2D eigenvalue weighted by Crippen LogP contribution is 2.38. The number of carboxylic acid groups (broad SMARTS) is 1.